The molecule has 16 heavy (non-hydrogen) atoms. The second-order valence-corrected chi connectivity index (χ2v) is 4.73. The molecule has 0 heterocycles. The molecule has 3 heteroatoms. The molecule has 1 rings (SSSR count). The van der Waals surface area contributed by atoms with E-state index in [1.54, 1.807) is 11.8 Å². The van der Waals surface area contributed by atoms with Crippen LogP contribution in [0.3, 0.4) is 0 Å². The first-order valence-electron chi connectivity index (χ1n) is 5.44. The topological polar surface area (TPSA) is 27.0 Å². The van der Waals surface area contributed by atoms with Crippen molar-refractivity contribution in [2.75, 3.05) is 19.8 Å². The average Bonchev–Trinajstić information content (AvgIpc) is 2.30. The van der Waals surface area contributed by atoms with E-state index >= 15 is 0 Å². The zero-order valence-electron chi connectivity index (χ0n) is 9.94. The molecule has 0 spiro atoms. The van der Waals surface area contributed by atoms with E-state index in [0.29, 0.717) is 6.42 Å². The van der Waals surface area contributed by atoms with Gasteiger partial charge in [0.25, 0.3) is 0 Å². The van der Waals surface area contributed by atoms with Gasteiger partial charge in [-0.05, 0) is 44.0 Å². The van der Waals surface area contributed by atoms with E-state index in [2.05, 4.69) is 48.5 Å². The maximum atomic E-state index is 8.46. The summed E-state index contributed by atoms with van der Waals surface area (Å²) in [5.74, 6) is 0. The normalized spacial score (nSPS) is 10.4. The third-order valence-corrected chi connectivity index (χ3v) is 3.18. The molecule has 0 amide bonds. The third-order valence-electron chi connectivity index (χ3n) is 2.44. The fourth-order valence-corrected chi connectivity index (χ4v) is 1.96. The van der Waals surface area contributed by atoms with Crippen LogP contribution in [0.15, 0.2) is 29.2 Å². The van der Waals surface area contributed by atoms with Crippen LogP contribution < -0.4 is 0 Å². The molecule has 0 aliphatic carbocycles. The lowest BCUT2D eigenvalue weighted by Crippen LogP contribution is -2.18. The number of benzene rings is 1. The van der Waals surface area contributed by atoms with Crippen LogP contribution in [0.5, 0.6) is 0 Å². The van der Waals surface area contributed by atoms with Crippen molar-refractivity contribution < 1.29 is 0 Å². The Morgan fingerprint density at radius 2 is 2.00 bits per heavy atom. The van der Waals surface area contributed by atoms with Crippen LogP contribution in [-0.2, 0) is 6.54 Å². The summed E-state index contributed by atoms with van der Waals surface area (Å²) in [7, 11) is 2.10. The van der Waals surface area contributed by atoms with Crippen LogP contribution in [0.2, 0.25) is 0 Å². The zero-order valence-corrected chi connectivity index (χ0v) is 10.8. The van der Waals surface area contributed by atoms with Gasteiger partial charge in [-0.3, -0.25) is 0 Å². The summed E-state index contributed by atoms with van der Waals surface area (Å²) in [5, 5.41) is 8.46. The van der Waals surface area contributed by atoms with Gasteiger partial charge in [0.1, 0.15) is 0 Å². The van der Waals surface area contributed by atoms with Crippen molar-refractivity contribution in [1.82, 2.24) is 4.90 Å². The highest BCUT2D eigenvalue weighted by Gasteiger charge is 2.00. The molecule has 0 unspecified atom stereocenters. The van der Waals surface area contributed by atoms with Crippen molar-refractivity contribution in [1.29, 1.82) is 5.26 Å². The molecule has 0 saturated heterocycles. The van der Waals surface area contributed by atoms with Crippen LogP contribution in [0.25, 0.3) is 0 Å². The maximum absolute atomic E-state index is 8.46. The van der Waals surface area contributed by atoms with Crippen LogP contribution in [-0.4, -0.2) is 24.7 Å². The number of nitrogens with zero attached hydrogens (tertiary/aromatic N) is 2. The summed E-state index contributed by atoms with van der Waals surface area (Å²) in [6.45, 7) is 1.94. The molecule has 86 valence electrons. The van der Waals surface area contributed by atoms with Crippen LogP contribution in [0.4, 0.5) is 0 Å². The fraction of sp³-hybridized carbons (Fsp3) is 0.462. The summed E-state index contributed by atoms with van der Waals surface area (Å²) >= 11 is 1.76. The van der Waals surface area contributed by atoms with E-state index in [4.69, 9.17) is 5.26 Å². The monoisotopic (exact) mass is 234 g/mol. The Morgan fingerprint density at radius 1 is 1.31 bits per heavy atom. The number of hydrogen-bond acceptors (Lipinski definition) is 3. The molecule has 0 saturated carbocycles. The largest absolute Gasteiger partial charge is 0.302 e. The first-order valence-corrected chi connectivity index (χ1v) is 6.67. The molecule has 0 N–H and O–H groups in total. The molecule has 0 bridgehead atoms. The number of rotatable bonds is 6. The summed E-state index contributed by atoms with van der Waals surface area (Å²) in [4.78, 5) is 3.56. The predicted molar refractivity (Wildman–Crippen MR) is 69.4 cm³/mol. The van der Waals surface area contributed by atoms with Gasteiger partial charge in [-0.2, -0.15) is 5.26 Å². The summed E-state index contributed by atoms with van der Waals surface area (Å²) in [6.07, 6.45) is 3.69. The number of thioether (sulfide) groups is 1. The van der Waals surface area contributed by atoms with Gasteiger partial charge in [0.15, 0.2) is 0 Å². The number of hydrogen-bond donors (Lipinski definition) is 0. The fourth-order valence-electron chi connectivity index (χ4n) is 1.55. The van der Waals surface area contributed by atoms with Gasteiger partial charge in [-0.15, -0.1) is 11.8 Å². The highest BCUT2D eigenvalue weighted by atomic mass is 32.2. The van der Waals surface area contributed by atoms with Gasteiger partial charge in [0.05, 0.1) is 6.07 Å². The number of unbranched alkanes of at least 4 members (excludes halogenated alkanes) is 1. The molecule has 0 fully saturated rings. The minimum absolute atomic E-state index is 0.649. The van der Waals surface area contributed by atoms with E-state index in [9.17, 15) is 0 Å². The lowest BCUT2D eigenvalue weighted by molar-refractivity contribution is 0.323. The Kier molecular flexibility index (Phi) is 5.99. The Balaban J connectivity index is 2.37. The molecule has 2 nitrogen and oxygen atoms in total. The van der Waals surface area contributed by atoms with Gasteiger partial charge in [-0.25, -0.2) is 0 Å². The third kappa shape index (κ3) is 4.69. The standard InChI is InChI=1S/C13H18N2S/c1-15(10-4-3-9-14)11-12-5-7-13(16-2)8-6-12/h5-8H,3-4,10-11H2,1-2H3. The first kappa shape index (κ1) is 13.1. The molecular formula is C13H18N2S. The Morgan fingerprint density at radius 3 is 2.56 bits per heavy atom. The Bertz CT molecular complexity index is 340. The summed E-state index contributed by atoms with van der Waals surface area (Å²) in [5.41, 5.74) is 1.33. The predicted octanol–water partition coefficient (Wildman–Crippen LogP) is 3.14. The van der Waals surface area contributed by atoms with Crippen LogP contribution in [0.1, 0.15) is 18.4 Å². The van der Waals surface area contributed by atoms with E-state index in [-0.39, 0.29) is 0 Å². The van der Waals surface area contributed by atoms with Crippen LogP contribution >= 0.6 is 11.8 Å². The summed E-state index contributed by atoms with van der Waals surface area (Å²) < 4.78 is 0. The highest BCUT2D eigenvalue weighted by molar-refractivity contribution is 7.98. The quantitative estimate of drug-likeness (QED) is 0.559. The highest BCUT2D eigenvalue weighted by Crippen LogP contribution is 2.15. The molecule has 0 aliphatic rings. The lowest BCUT2D eigenvalue weighted by Gasteiger charge is -2.15. The number of nitriles is 1. The Hall–Kier alpha value is -0.980. The van der Waals surface area contributed by atoms with Crippen molar-refractivity contribution in [2.24, 2.45) is 0 Å². The maximum Gasteiger partial charge on any atom is 0.0622 e. The second kappa shape index (κ2) is 7.32. The van der Waals surface area contributed by atoms with E-state index in [1.165, 1.54) is 10.5 Å². The second-order valence-electron chi connectivity index (χ2n) is 3.85. The van der Waals surface area contributed by atoms with E-state index in [0.717, 1.165) is 19.5 Å². The van der Waals surface area contributed by atoms with E-state index < -0.39 is 0 Å². The molecular weight excluding hydrogens is 216 g/mol. The van der Waals surface area contributed by atoms with Gasteiger partial charge in [-0.1, -0.05) is 12.1 Å². The summed E-state index contributed by atoms with van der Waals surface area (Å²) in [6, 6.07) is 10.8. The first-order chi connectivity index (χ1) is 7.76. The average molecular weight is 234 g/mol. The van der Waals surface area contributed by atoms with Gasteiger partial charge >= 0.3 is 0 Å². The van der Waals surface area contributed by atoms with Gasteiger partial charge in [0, 0.05) is 17.9 Å². The molecule has 1 aromatic carbocycles. The molecule has 0 atom stereocenters. The van der Waals surface area contributed by atoms with E-state index in [1.807, 2.05) is 0 Å². The Labute approximate surface area is 102 Å². The SMILES string of the molecule is CSc1ccc(CN(C)CCCC#N)cc1. The van der Waals surface area contributed by atoms with Crippen molar-refractivity contribution in [3.8, 4) is 6.07 Å². The minimum atomic E-state index is 0.649. The molecule has 1 aromatic rings. The van der Waals surface area contributed by atoms with Crippen molar-refractivity contribution in [3.05, 3.63) is 29.8 Å². The minimum Gasteiger partial charge on any atom is -0.302 e. The van der Waals surface area contributed by atoms with Crippen molar-refractivity contribution in [3.63, 3.8) is 0 Å². The smallest absolute Gasteiger partial charge is 0.0622 e. The zero-order chi connectivity index (χ0) is 11.8. The van der Waals surface area contributed by atoms with Crippen LogP contribution in [0, 0.1) is 11.3 Å². The molecule has 0 aromatic heterocycles. The lowest BCUT2D eigenvalue weighted by atomic mass is 10.2. The molecule has 0 aliphatic heterocycles. The van der Waals surface area contributed by atoms with Crippen molar-refractivity contribution in [2.45, 2.75) is 24.3 Å². The van der Waals surface area contributed by atoms with Crippen molar-refractivity contribution >= 4 is 11.8 Å². The van der Waals surface area contributed by atoms with Gasteiger partial charge < -0.3 is 4.90 Å². The molecule has 0 radical (unpaired) electrons. The van der Waals surface area contributed by atoms with Gasteiger partial charge in [0.2, 0.25) is 0 Å².